The van der Waals surface area contributed by atoms with Crippen LogP contribution in [0.1, 0.15) is 10.5 Å². The summed E-state index contributed by atoms with van der Waals surface area (Å²) < 4.78 is 1.74. The number of benzene rings is 1. The number of nitrogens with zero attached hydrogens (tertiary/aromatic N) is 1. The van der Waals surface area contributed by atoms with Crippen LogP contribution in [0, 0.1) is 3.57 Å². The molecule has 2 aromatic rings. The van der Waals surface area contributed by atoms with Crippen molar-refractivity contribution in [3.05, 3.63) is 60.4 Å². The van der Waals surface area contributed by atoms with Crippen molar-refractivity contribution in [1.29, 1.82) is 0 Å². The van der Waals surface area contributed by atoms with E-state index < -0.39 is 22.9 Å². The monoisotopic (exact) mass is 358 g/mol. The van der Waals surface area contributed by atoms with Gasteiger partial charge in [-0.3, -0.25) is 4.79 Å². The summed E-state index contributed by atoms with van der Waals surface area (Å²) in [7, 11) is 0. The van der Waals surface area contributed by atoms with Gasteiger partial charge in [-0.2, -0.15) is 0 Å². The van der Waals surface area contributed by atoms with Crippen molar-refractivity contribution in [2.45, 2.75) is 0 Å². The number of hydrogen-bond acceptors (Lipinski definition) is 3. The Labute approximate surface area is 114 Å². The molecule has 0 fully saturated rings. The first-order valence-corrected chi connectivity index (χ1v) is 5.92. The average Bonchev–Trinajstić information content (AvgIpc) is 2.27. The van der Waals surface area contributed by atoms with Crippen LogP contribution in [-0.4, -0.2) is 20.6 Å². The largest absolute Gasteiger partial charge is 0.477 e. The Morgan fingerprint density at radius 1 is 1.28 bits per heavy atom. The topological polar surface area (TPSA) is 92.2 Å². The highest BCUT2D eigenvalue weighted by molar-refractivity contribution is 14.1. The first-order valence-electron chi connectivity index (χ1n) is 4.84. The predicted molar refractivity (Wildman–Crippen MR) is 72.3 cm³/mol. The SMILES string of the molecule is O=C(O)c1cc(=O)n(-c2cccc(I)c2)c(=O)[nH]1. The van der Waals surface area contributed by atoms with Crippen LogP contribution in [0.25, 0.3) is 5.69 Å². The van der Waals surface area contributed by atoms with E-state index in [9.17, 15) is 14.4 Å². The van der Waals surface area contributed by atoms with E-state index in [4.69, 9.17) is 5.11 Å². The standard InChI is InChI=1S/C11H7IN2O4/c12-6-2-1-3-7(4-6)14-9(15)5-8(10(16)17)13-11(14)18/h1-5H,(H,13,18)(H,16,17). The molecule has 0 bridgehead atoms. The van der Waals surface area contributed by atoms with Crippen LogP contribution >= 0.6 is 22.6 Å². The van der Waals surface area contributed by atoms with Gasteiger partial charge >= 0.3 is 11.7 Å². The number of rotatable bonds is 2. The molecule has 1 aromatic heterocycles. The maximum absolute atomic E-state index is 11.8. The second kappa shape index (κ2) is 4.77. The number of halogens is 1. The van der Waals surface area contributed by atoms with Crippen molar-refractivity contribution < 1.29 is 9.90 Å². The van der Waals surface area contributed by atoms with Gasteiger partial charge < -0.3 is 10.1 Å². The van der Waals surface area contributed by atoms with E-state index in [2.05, 4.69) is 27.6 Å². The molecule has 0 saturated carbocycles. The number of aromatic amines is 1. The van der Waals surface area contributed by atoms with E-state index in [1.807, 2.05) is 6.07 Å². The molecule has 0 spiro atoms. The molecule has 6 nitrogen and oxygen atoms in total. The molecule has 0 atom stereocenters. The zero-order valence-electron chi connectivity index (χ0n) is 8.88. The summed E-state index contributed by atoms with van der Waals surface area (Å²) in [5, 5.41) is 8.72. The quantitative estimate of drug-likeness (QED) is 0.778. The lowest BCUT2D eigenvalue weighted by atomic mass is 10.3. The van der Waals surface area contributed by atoms with Crippen molar-refractivity contribution in [2.75, 3.05) is 0 Å². The predicted octanol–water partition coefficient (Wildman–Crippen LogP) is 0.829. The molecule has 0 aliphatic carbocycles. The highest BCUT2D eigenvalue weighted by atomic mass is 127. The Balaban J connectivity index is 2.71. The molecule has 0 radical (unpaired) electrons. The third-order valence-electron chi connectivity index (χ3n) is 2.23. The Bertz CT molecular complexity index is 701. The van der Waals surface area contributed by atoms with Crippen LogP contribution in [0.2, 0.25) is 0 Å². The fourth-order valence-electron chi connectivity index (χ4n) is 1.47. The second-order valence-electron chi connectivity index (χ2n) is 3.45. The smallest absolute Gasteiger partial charge is 0.352 e. The average molecular weight is 358 g/mol. The van der Waals surface area contributed by atoms with Crippen molar-refractivity contribution in [3.63, 3.8) is 0 Å². The van der Waals surface area contributed by atoms with E-state index in [1.54, 1.807) is 18.2 Å². The van der Waals surface area contributed by atoms with Gasteiger partial charge in [-0.15, -0.1) is 0 Å². The third kappa shape index (κ3) is 2.35. The molecule has 0 amide bonds. The Hall–Kier alpha value is -1.90. The molecule has 18 heavy (non-hydrogen) atoms. The van der Waals surface area contributed by atoms with Gasteiger partial charge in [0.05, 0.1) is 5.69 Å². The Kier molecular flexibility index (Phi) is 3.32. The number of nitrogens with one attached hydrogen (secondary N) is 1. The van der Waals surface area contributed by atoms with Crippen molar-refractivity contribution in [3.8, 4) is 5.69 Å². The highest BCUT2D eigenvalue weighted by Gasteiger charge is 2.10. The molecule has 0 aliphatic heterocycles. The number of carbonyl (C=O) groups is 1. The first kappa shape index (κ1) is 12.6. The second-order valence-corrected chi connectivity index (χ2v) is 4.69. The van der Waals surface area contributed by atoms with Gasteiger partial charge in [0.25, 0.3) is 5.56 Å². The molecule has 7 heteroatoms. The molecule has 2 N–H and O–H groups in total. The fraction of sp³-hybridized carbons (Fsp3) is 0. The molecule has 0 saturated heterocycles. The minimum Gasteiger partial charge on any atom is -0.477 e. The van der Waals surface area contributed by atoms with E-state index in [0.717, 1.165) is 14.2 Å². The summed E-state index contributed by atoms with van der Waals surface area (Å²) in [6, 6.07) is 7.64. The minimum absolute atomic E-state index is 0.394. The van der Waals surface area contributed by atoms with Gasteiger partial charge in [0.15, 0.2) is 0 Å². The number of aromatic carboxylic acids is 1. The Morgan fingerprint density at radius 3 is 2.56 bits per heavy atom. The normalized spacial score (nSPS) is 10.3. The number of H-pyrrole nitrogens is 1. The molecule has 0 aliphatic rings. The van der Waals surface area contributed by atoms with E-state index in [-0.39, 0.29) is 0 Å². The highest BCUT2D eigenvalue weighted by Crippen LogP contribution is 2.09. The molecule has 0 unspecified atom stereocenters. The number of aromatic nitrogens is 2. The van der Waals surface area contributed by atoms with Crippen molar-refractivity contribution >= 4 is 28.6 Å². The van der Waals surface area contributed by atoms with Gasteiger partial charge in [-0.25, -0.2) is 14.2 Å². The first-order chi connectivity index (χ1) is 8.49. The Morgan fingerprint density at radius 2 is 2.00 bits per heavy atom. The molecule has 2 rings (SSSR count). The minimum atomic E-state index is -1.35. The van der Waals surface area contributed by atoms with Crippen LogP contribution in [0.15, 0.2) is 39.9 Å². The summed E-state index contributed by atoms with van der Waals surface area (Å²) in [4.78, 5) is 36.3. The molecule has 92 valence electrons. The zero-order valence-corrected chi connectivity index (χ0v) is 11.0. The van der Waals surface area contributed by atoms with Gasteiger partial charge in [0.1, 0.15) is 5.69 Å². The lowest BCUT2D eigenvalue weighted by Crippen LogP contribution is -2.35. The lowest BCUT2D eigenvalue weighted by molar-refractivity contribution is 0.0689. The number of hydrogen-bond donors (Lipinski definition) is 2. The van der Waals surface area contributed by atoms with Gasteiger partial charge in [-0.05, 0) is 40.8 Å². The molecule has 1 heterocycles. The van der Waals surface area contributed by atoms with Crippen LogP contribution in [0.3, 0.4) is 0 Å². The summed E-state index contributed by atoms with van der Waals surface area (Å²) in [5.41, 5.74) is -1.49. The fourth-order valence-corrected chi connectivity index (χ4v) is 2.00. The number of carboxylic acids is 1. The van der Waals surface area contributed by atoms with Gasteiger partial charge in [0, 0.05) is 9.64 Å². The van der Waals surface area contributed by atoms with Crippen LogP contribution in [0.5, 0.6) is 0 Å². The van der Waals surface area contributed by atoms with Crippen molar-refractivity contribution in [2.24, 2.45) is 0 Å². The summed E-state index contributed by atoms with van der Waals surface area (Å²) >= 11 is 2.05. The van der Waals surface area contributed by atoms with E-state index in [1.165, 1.54) is 0 Å². The van der Waals surface area contributed by atoms with Gasteiger partial charge in [-0.1, -0.05) is 6.07 Å². The van der Waals surface area contributed by atoms with Crippen LogP contribution in [-0.2, 0) is 0 Å². The van der Waals surface area contributed by atoms with Crippen LogP contribution in [0.4, 0.5) is 0 Å². The summed E-state index contributed by atoms with van der Waals surface area (Å²) in [6.07, 6.45) is 0. The maximum Gasteiger partial charge on any atom is 0.352 e. The molecule has 1 aromatic carbocycles. The van der Waals surface area contributed by atoms with E-state index >= 15 is 0 Å². The van der Waals surface area contributed by atoms with Crippen LogP contribution < -0.4 is 11.2 Å². The summed E-state index contributed by atoms with van der Waals surface area (Å²) in [6.45, 7) is 0. The maximum atomic E-state index is 11.8. The molecular formula is C11H7IN2O4. The zero-order chi connectivity index (χ0) is 13.3. The lowest BCUT2D eigenvalue weighted by Gasteiger charge is -2.05. The van der Waals surface area contributed by atoms with Gasteiger partial charge in [0.2, 0.25) is 0 Å². The summed E-state index contributed by atoms with van der Waals surface area (Å²) in [5.74, 6) is -1.35. The molecular weight excluding hydrogens is 351 g/mol. The third-order valence-corrected chi connectivity index (χ3v) is 2.90. The number of carboxylic acid groups (broad SMARTS) is 1. The van der Waals surface area contributed by atoms with E-state index in [0.29, 0.717) is 5.69 Å². The van der Waals surface area contributed by atoms with Crippen molar-refractivity contribution in [1.82, 2.24) is 9.55 Å².